The summed E-state index contributed by atoms with van der Waals surface area (Å²) in [5.41, 5.74) is 5.12. The molecule has 0 aliphatic carbocycles. The predicted molar refractivity (Wildman–Crippen MR) is 84.1 cm³/mol. The maximum atomic E-state index is 3.25. The molecule has 0 saturated heterocycles. The van der Waals surface area contributed by atoms with Crippen molar-refractivity contribution in [1.82, 2.24) is 5.32 Å². The second kappa shape index (κ2) is 6.35. The van der Waals surface area contributed by atoms with E-state index in [0.29, 0.717) is 6.04 Å². The summed E-state index contributed by atoms with van der Waals surface area (Å²) in [6.45, 7) is 4.33. The molecule has 1 atom stereocenters. The molecule has 19 heavy (non-hydrogen) atoms. The molecule has 1 heteroatoms. The number of rotatable bonds is 4. The first-order chi connectivity index (χ1) is 9.20. The molecule has 0 aliphatic heterocycles. The van der Waals surface area contributed by atoms with Gasteiger partial charge in [0.1, 0.15) is 0 Å². The van der Waals surface area contributed by atoms with E-state index in [1.54, 1.807) is 0 Å². The van der Waals surface area contributed by atoms with E-state index in [0.717, 1.165) is 0 Å². The highest BCUT2D eigenvalue weighted by Crippen LogP contribution is 2.20. The Morgan fingerprint density at radius 2 is 1.53 bits per heavy atom. The summed E-state index contributed by atoms with van der Waals surface area (Å²) >= 11 is 0. The van der Waals surface area contributed by atoms with E-state index in [9.17, 15) is 0 Å². The molecule has 1 nitrogen and oxygen atoms in total. The standard InChI is InChI=1S/C18H21N/c1-14(15(2)19-3)13-16-9-11-18(12-10-16)17-7-5-4-6-8-17/h4-13,15,19H,1-3H3/b14-13+. The van der Waals surface area contributed by atoms with Crippen LogP contribution in [0, 0.1) is 0 Å². The summed E-state index contributed by atoms with van der Waals surface area (Å²) in [6.07, 6.45) is 2.23. The number of likely N-dealkylation sites (N-methyl/N-ethyl adjacent to an activating group) is 1. The fourth-order valence-corrected chi connectivity index (χ4v) is 2.02. The lowest BCUT2D eigenvalue weighted by atomic mass is 10.0. The summed E-state index contributed by atoms with van der Waals surface area (Å²) in [6, 6.07) is 19.6. The third-order valence-corrected chi connectivity index (χ3v) is 3.53. The average molecular weight is 251 g/mol. The average Bonchev–Trinajstić information content (AvgIpc) is 2.48. The molecule has 1 N–H and O–H groups in total. The van der Waals surface area contributed by atoms with Gasteiger partial charge in [0.25, 0.3) is 0 Å². The van der Waals surface area contributed by atoms with Crippen LogP contribution in [-0.2, 0) is 0 Å². The second-order valence-corrected chi connectivity index (χ2v) is 4.89. The van der Waals surface area contributed by atoms with Gasteiger partial charge in [0.05, 0.1) is 0 Å². The fourth-order valence-electron chi connectivity index (χ4n) is 2.02. The summed E-state index contributed by atoms with van der Waals surface area (Å²) < 4.78 is 0. The zero-order chi connectivity index (χ0) is 13.7. The third-order valence-electron chi connectivity index (χ3n) is 3.53. The monoisotopic (exact) mass is 251 g/mol. The molecule has 0 aromatic heterocycles. The van der Waals surface area contributed by atoms with Crippen LogP contribution in [0.1, 0.15) is 19.4 Å². The van der Waals surface area contributed by atoms with Crippen molar-refractivity contribution in [2.45, 2.75) is 19.9 Å². The van der Waals surface area contributed by atoms with Crippen molar-refractivity contribution in [3.8, 4) is 11.1 Å². The molecule has 0 radical (unpaired) electrons. The lowest BCUT2D eigenvalue weighted by molar-refractivity contribution is 0.696. The molecule has 1 unspecified atom stereocenters. The van der Waals surface area contributed by atoms with Crippen LogP contribution in [0.15, 0.2) is 60.2 Å². The Balaban J connectivity index is 2.20. The van der Waals surface area contributed by atoms with Gasteiger partial charge in [-0.25, -0.2) is 0 Å². The smallest absolute Gasteiger partial charge is 0.0248 e. The Labute approximate surface area is 116 Å². The van der Waals surface area contributed by atoms with Gasteiger partial charge in [-0.1, -0.05) is 66.2 Å². The van der Waals surface area contributed by atoms with E-state index in [1.807, 2.05) is 13.1 Å². The maximum Gasteiger partial charge on any atom is 0.0248 e. The minimum Gasteiger partial charge on any atom is -0.314 e. The van der Waals surface area contributed by atoms with Gasteiger partial charge in [0.2, 0.25) is 0 Å². The highest BCUT2D eigenvalue weighted by atomic mass is 14.8. The van der Waals surface area contributed by atoms with Gasteiger partial charge in [0, 0.05) is 6.04 Å². The molecule has 0 bridgehead atoms. The molecule has 0 amide bonds. The Kier molecular flexibility index (Phi) is 4.53. The first-order valence-electron chi connectivity index (χ1n) is 6.71. The van der Waals surface area contributed by atoms with Crippen molar-refractivity contribution >= 4 is 6.08 Å². The maximum absolute atomic E-state index is 3.25. The van der Waals surface area contributed by atoms with Crippen LogP contribution in [0.3, 0.4) is 0 Å². The van der Waals surface area contributed by atoms with Crippen LogP contribution in [0.25, 0.3) is 17.2 Å². The third kappa shape index (κ3) is 3.55. The minimum atomic E-state index is 0.411. The topological polar surface area (TPSA) is 12.0 Å². The zero-order valence-electron chi connectivity index (χ0n) is 11.9. The van der Waals surface area contributed by atoms with Crippen molar-refractivity contribution in [2.24, 2.45) is 0 Å². The molecule has 0 spiro atoms. The van der Waals surface area contributed by atoms with Gasteiger partial charge in [-0.15, -0.1) is 0 Å². The van der Waals surface area contributed by atoms with Crippen LogP contribution in [0.4, 0.5) is 0 Å². The van der Waals surface area contributed by atoms with Gasteiger partial charge in [-0.2, -0.15) is 0 Å². The van der Waals surface area contributed by atoms with Crippen molar-refractivity contribution in [2.75, 3.05) is 7.05 Å². The van der Waals surface area contributed by atoms with Gasteiger partial charge in [-0.05, 0) is 37.6 Å². The molecular weight excluding hydrogens is 230 g/mol. The molecule has 2 aromatic rings. The first kappa shape index (κ1) is 13.6. The van der Waals surface area contributed by atoms with Crippen molar-refractivity contribution in [1.29, 1.82) is 0 Å². The first-order valence-corrected chi connectivity index (χ1v) is 6.71. The lowest BCUT2D eigenvalue weighted by Gasteiger charge is -2.10. The largest absolute Gasteiger partial charge is 0.314 e. The van der Waals surface area contributed by atoms with E-state index >= 15 is 0 Å². The quantitative estimate of drug-likeness (QED) is 0.851. The minimum absolute atomic E-state index is 0.411. The Hall–Kier alpha value is -1.86. The van der Waals surface area contributed by atoms with Crippen LogP contribution in [0.5, 0.6) is 0 Å². The zero-order valence-corrected chi connectivity index (χ0v) is 11.9. The van der Waals surface area contributed by atoms with Crippen molar-refractivity contribution < 1.29 is 0 Å². The van der Waals surface area contributed by atoms with Gasteiger partial charge < -0.3 is 5.32 Å². The van der Waals surface area contributed by atoms with E-state index in [4.69, 9.17) is 0 Å². The van der Waals surface area contributed by atoms with E-state index in [1.165, 1.54) is 22.3 Å². The number of benzene rings is 2. The number of hydrogen-bond donors (Lipinski definition) is 1. The predicted octanol–water partition coefficient (Wildman–Crippen LogP) is 4.36. The Morgan fingerprint density at radius 3 is 2.11 bits per heavy atom. The van der Waals surface area contributed by atoms with E-state index < -0.39 is 0 Å². The van der Waals surface area contributed by atoms with Crippen LogP contribution < -0.4 is 5.32 Å². The highest BCUT2D eigenvalue weighted by Gasteiger charge is 2.01. The molecular formula is C18H21N. The fraction of sp³-hybridized carbons (Fsp3) is 0.222. The molecule has 0 aliphatic rings. The van der Waals surface area contributed by atoms with Gasteiger partial charge in [-0.3, -0.25) is 0 Å². The summed E-state index contributed by atoms with van der Waals surface area (Å²) in [5, 5.41) is 3.25. The number of nitrogens with one attached hydrogen (secondary N) is 1. The van der Waals surface area contributed by atoms with E-state index in [2.05, 4.69) is 73.8 Å². The van der Waals surface area contributed by atoms with Crippen molar-refractivity contribution in [3.05, 3.63) is 65.7 Å². The van der Waals surface area contributed by atoms with Gasteiger partial charge in [0.15, 0.2) is 0 Å². The van der Waals surface area contributed by atoms with Crippen LogP contribution in [-0.4, -0.2) is 13.1 Å². The summed E-state index contributed by atoms with van der Waals surface area (Å²) in [5.74, 6) is 0. The lowest BCUT2D eigenvalue weighted by Crippen LogP contribution is -2.21. The SMILES string of the molecule is CNC(C)/C(C)=C/c1ccc(-c2ccccc2)cc1. The van der Waals surface area contributed by atoms with E-state index in [-0.39, 0.29) is 0 Å². The molecule has 0 fully saturated rings. The molecule has 0 heterocycles. The number of hydrogen-bond acceptors (Lipinski definition) is 1. The van der Waals surface area contributed by atoms with Gasteiger partial charge >= 0.3 is 0 Å². The molecule has 2 aromatic carbocycles. The Bertz CT molecular complexity index is 538. The van der Waals surface area contributed by atoms with Crippen LogP contribution >= 0.6 is 0 Å². The molecule has 0 saturated carbocycles. The second-order valence-electron chi connectivity index (χ2n) is 4.89. The highest BCUT2D eigenvalue weighted by molar-refractivity contribution is 5.66. The summed E-state index contributed by atoms with van der Waals surface area (Å²) in [4.78, 5) is 0. The molecule has 98 valence electrons. The molecule has 2 rings (SSSR count). The normalized spacial score (nSPS) is 13.3. The van der Waals surface area contributed by atoms with Crippen molar-refractivity contribution in [3.63, 3.8) is 0 Å². The Morgan fingerprint density at radius 1 is 0.947 bits per heavy atom. The van der Waals surface area contributed by atoms with Crippen LogP contribution in [0.2, 0.25) is 0 Å². The summed E-state index contributed by atoms with van der Waals surface area (Å²) in [7, 11) is 1.99.